The van der Waals surface area contributed by atoms with E-state index in [-0.39, 0.29) is 30.6 Å². The second-order valence-corrected chi connectivity index (χ2v) is 8.87. The van der Waals surface area contributed by atoms with Gasteiger partial charge in [0.1, 0.15) is 0 Å². The number of hydrogen-bond acceptors (Lipinski definition) is 5. The molecule has 1 atom stereocenters. The van der Waals surface area contributed by atoms with Crippen LogP contribution in [-0.4, -0.2) is 42.6 Å². The molecule has 2 heterocycles. The van der Waals surface area contributed by atoms with Gasteiger partial charge in [-0.3, -0.25) is 14.5 Å². The van der Waals surface area contributed by atoms with Crippen LogP contribution in [0.3, 0.4) is 0 Å². The maximum Gasteiger partial charge on any atom is 0.241 e. The van der Waals surface area contributed by atoms with E-state index in [1.54, 1.807) is 6.07 Å². The van der Waals surface area contributed by atoms with Crippen molar-refractivity contribution in [2.75, 3.05) is 30.5 Å². The van der Waals surface area contributed by atoms with Crippen molar-refractivity contribution in [1.82, 2.24) is 4.90 Å². The molecule has 7 heteroatoms. The van der Waals surface area contributed by atoms with E-state index in [0.29, 0.717) is 17.2 Å². The molecule has 2 N–H and O–H groups in total. The van der Waals surface area contributed by atoms with Crippen molar-refractivity contribution in [3.05, 3.63) is 47.5 Å². The van der Waals surface area contributed by atoms with E-state index in [9.17, 15) is 9.59 Å². The zero-order chi connectivity index (χ0) is 22.1. The molecule has 1 aliphatic carbocycles. The number of nitrogens with one attached hydrogen (secondary N) is 2. The molecule has 0 bridgehead atoms. The van der Waals surface area contributed by atoms with E-state index in [0.717, 1.165) is 44.5 Å². The van der Waals surface area contributed by atoms with Crippen LogP contribution in [0.15, 0.2) is 36.4 Å². The van der Waals surface area contributed by atoms with Crippen LogP contribution >= 0.6 is 0 Å². The summed E-state index contributed by atoms with van der Waals surface area (Å²) in [6, 6.07) is 11.4. The number of benzene rings is 2. The number of anilines is 2. The third kappa shape index (κ3) is 4.30. The van der Waals surface area contributed by atoms with Gasteiger partial charge in [-0.15, -0.1) is 0 Å². The Bertz CT molecular complexity index is 1030. The Morgan fingerprint density at radius 2 is 1.66 bits per heavy atom. The first kappa shape index (κ1) is 20.8. The van der Waals surface area contributed by atoms with Crippen LogP contribution in [0.5, 0.6) is 11.5 Å². The lowest BCUT2D eigenvalue weighted by Crippen LogP contribution is -2.47. The lowest BCUT2D eigenvalue weighted by molar-refractivity contribution is -0.123. The minimum atomic E-state index is -0.235. The SMILES string of the molecule is CC(C(=O)Nc1ccc2c(c1)CCC2)N1CCC(C(=O)Nc2ccc3c(c2)OCO3)CC1. The van der Waals surface area contributed by atoms with E-state index in [2.05, 4.69) is 27.7 Å². The Hall–Kier alpha value is -3.06. The number of hydrogen-bond donors (Lipinski definition) is 2. The Morgan fingerprint density at radius 1 is 0.938 bits per heavy atom. The van der Waals surface area contributed by atoms with E-state index in [1.807, 2.05) is 25.1 Å². The number of fused-ring (bicyclic) bond motifs is 2. The number of nitrogens with zero attached hydrogens (tertiary/aromatic N) is 1. The third-order valence-electron chi connectivity index (χ3n) is 6.83. The van der Waals surface area contributed by atoms with E-state index < -0.39 is 0 Å². The zero-order valence-electron chi connectivity index (χ0n) is 18.4. The van der Waals surface area contributed by atoms with Crippen molar-refractivity contribution < 1.29 is 19.1 Å². The fraction of sp³-hybridized carbons (Fsp3) is 0.440. The number of rotatable bonds is 5. The summed E-state index contributed by atoms with van der Waals surface area (Å²) < 4.78 is 10.7. The topological polar surface area (TPSA) is 79.9 Å². The summed E-state index contributed by atoms with van der Waals surface area (Å²) in [5.74, 6) is 1.30. The molecule has 3 aliphatic rings. The van der Waals surface area contributed by atoms with Gasteiger partial charge < -0.3 is 20.1 Å². The molecule has 2 aromatic carbocycles. The van der Waals surface area contributed by atoms with Crippen LogP contribution in [0.25, 0.3) is 0 Å². The Balaban J connectivity index is 1.12. The minimum absolute atomic E-state index is 0.00575. The highest BCUT2D eigenvalue weighted by atomic mass is 16.7. The predicted octanol–water partition coefficient (Wildman–Crippen LogP) is 3.58. The minimum Gasteiger partial charge on any atom is -0.454 e. The first-order chi connectivity index (χ1) is 15.6. The molecule has 1 saturated heterocycles. The molecule has 7 nitrogen and oxygen atoms in total. The maximum atomic E-state index is 12.8. The van der Waals surface area contributed by atoms with Crippen molar-refractivity contribution in [1.29, 1.82) is 0 Å². The molecule has 2 amide bonds. The first-order valence-electron chi connectivity index (χ1n) is 11.4. The molecular formula is C25H29N3O4. The number of aryl methyl sites for hydroxylation is 2. The lowest BCUT2D eigenvalue weighted by atomic mass is 9.94. The van der Waals surface area contributed by atoms with Gasteiger partial charge in [0.25, 0.3) is 0 Å². The van der Waals surface area contributed by atoms with Gasteiger partial charge in [-0.05, 0) is 87.5 Å². The Kier molecular flexibility index (Phi) is 5.74. The van der Waals surface area contributed by atoms with Crippen LogP contribution in [0.1, 0.15) is 37.3 Å². The summed E-state index contributed by atoms with van der Waals surface area (Å²) in [6.07, 6.45) is 4.88. The summed E-state index contributed by atoms with van der Waals surface area (Å²) in [4.78, 5) is 27.7. The summed E-state index contributed by atoms with van der Waals surface area (Å²) in [6.45, 7) is 3.59. The van der Waals surface area contributed by atoms with Gasteiger partial charge in [0.2, 0.25) is 18.6 Å². The molecule has 32 heavy (non-hydrogen) atoms. The van der Waals surface area contributed by atoms with Gasteiger partial charge >= 0.3 is 0 Å². The number of piperidine rings is 1. The second-order valence-electron chi connectivity index (χ2n) is 8.87. The summed E-state index contributed by atoms with van der Waals surface area (Å²) in [5.41, 5.74) is 4.34. The quantitative estimate of drug-likeness (QED) is 0.751. The van der Waals surface area contributed by atoms with Gasteiger partial charge in [0.15, 0.2) is 11.5 Å². The standard InChI is InChI=1S/C25H29N3O4/c1-16(24(29)26-20-6-5-17-3-2-4-19(17)13-20)28-11-9-18(10-12-28)25(30)27-21-7-8-22-23(14-21)32-15-31-22/h5-8,13-14,16,18H,2-4,9-12,15H2,1H3,(H,26,29)(H,27,30). The highest BCUT2D eigenvalue weighted by Gasteiger charge is 2.30. The average Bonchev–Trinajstić information content (AvgIpc) is 3.47. The molecule has 0 aromatic heterocycles. The molecule has 2 aliphatic heterocycles. The number of carbonyl (C=O) groups is 2. The van der Waals surface area contributed by atoms with Crippen LogP contribution in [0, 0.1) is 5.92 Å². The van der Waals surface area contributed by atoms with Gasteiger partial charge in [0.05, 0.1) is 6.04 Å². The molecular weight excluding hydrogens is 406 g/mol. The molecule has 0 spiro atoms. The van der Waals surface area contributed by atoms with E-state index >= 15 is 0 Å². The largest absolute Gasteiger partial charge is 0.454 e. The highest BCUT2D eigenvalue weighted by molar-refractivity contribution is 5.95. The average molecular weight is 436 g/mol. The fourth-order valence-corrected chi connectivity index (χ4v) is 4.83. The summed E-state index contributed by atoms with van der Waals surface area (Å²) in [5, 5.41) is 6.06. The maximum absolute atomic E-state index is 12.8. The monoisotopic (exact) mass is 435 g/mol. The fourth-order valence-electron chi connectivity index (χ4n) is 4.83. The third-order valence-corrected chi connectivity index (χ3v) is 6.83. The lowest BCUT2D eigenvalue weighted by Gasteiger charge is -2.34. The molecule has 5 rings (SSSR count). The molecule has 0 radical (unpaired) electrons. The van der Waals surface area contributed by atoms with E-state index in [4.69, 9.17) is 9.47 Å². The van der Waals surface area contributed by atoms with Gasteiger partial charge in [-0.2, -0.15) is 0 Å². The zero-order valence-corrected chi connectivity index (χ0v) is 18.4. The smallest absolute Gasteiger partial charge is 0.241 e. The normalized spacial score (nSPS) is 18.8. The summed E-state index contributed by atoms with van der Waals surface area (Å²) >= 11 is 0. The van der Waals surface area contributed by atoms with Gasteiger partial charge in [-0.1, -0.05) is 6.07 Å². The van der Waals surface area contributed by atoms with Gasteiger partial charge in [-0.25, -0.2) is 0 Å². The van der Waals surface area contributed by atoms with Crippen molar-refractivity contribution >= 4 is 23.2 Å². The van der Waals surface area contributed by atoms with Crippen molar-refractivity contribution in [3.8, 4) is 11.5 Å². The van der Waals surface area contributed by atoms with Gasteiger partial charge in [0, 0.05) is 23.4 Å². The molecule has 1 fully saturated rings. The Labute approximate surface area is 188 Å². The number of amides is 2. The number of carbonyl (C=O) groups excluding carboxylic acids is 2. The van der Waals surface area contributed by atoms with E-state index in [1.165, 1.54) is 17.5 Å². The van der Waals surface area contributed by atoms with Crippen LogP contribution in [0.4, 0.5) is 11.4 Å². The molecule has 0 saturated carbocycles. The van der Waals surface area contributed by atoms with Crippen molar-refractivity contribution in [2.45, 2.75) is 45.1 Å². The van der Waals surface area contributed by atoms with Crippen molar-refractivity contribution in [2.24, 2.45) is 5.92 Å². The second kappa shape index (κ2) is 8.82. The number of likely N-dealkylation sites (tertiary alicyclic amines) is 1. The molecule has 168 valence electrons. The first-order valence-corrected chi connectivity index (χ1v) is 11.4. The Morgan fingerprint density at radius 3 is 2.50 bits per heavy atom. The highest BCUT2D eigenvalue weighted by Crippen LogP contribution is 2.34. The van der Waals surface area contributed by atoms with Crippen LogP contribution in [0.2, 0.25) is 0 Å². The van der Waals surface area contributed by atoms with Crippen LogP contribution in [-0.2, 0) is 22.4 Å². The predicted molar refractivity (Wildman–Crippen MR) is 122 cm³/mol. The number of ether oxygens (including phenoxy) is 2. The molecule has 2 aromatic rings. The molecule has 1 unspecified atom stereocenters. The van der Waals surface area contributed by atoms with Crippen LogP contribution < -0.4 is 20.1 Å². The van der Waals surface area contributed by atoms with Crippen molar-refractivity contribution in [3.63, 3.8) is 0 Å². The summed E-state index contributed by atoms with van der Waals surface area (Å²) in [7, 11) is 0.